The lowest BCUT2D eigenvalue weighted by atomic mass is 10.1. The molecule has 7 heteroatoms. The summed E-state index contributed by atoms with van der Waals surface area (Å²) in [6.45, 7) is 10.2. The summed E-state index contributed by atoms with van der Waals surface area (Å²) in [6.07, 6.45) is 8.06. The summed E-state index contributed by atoms with van der Waals surface area (Å²) in [5.74, 6) is 2.37. The molecule has 0 atom stereocenters. The zero-order valence-electron chi connectivity index (χ0n) is 17.3. The Bertz CT molecular complexity index is 583. The molecule has 2 fully saturated rings. The molecular weight excluding hydrogens is 465 g/mol. The standard InChI is InChI=1S/C21H35N5O.HI/c1-3-11-26-12-9-19(10-13-26)25-21(22-4-2)24-15-18-7-8-20(23-14-18)27-16-17-5-6-17;/h7-8,14,17,19H,3-6,9-13,15-16H2,1-2H3,(H2,22,24,25);1H. The lowest BCUT2D eigenvalue weighted by Crippen LogP contribution is -2.48. The van der Waals surface area contributed by atoms with E-state index >= 15 is 0 Å². The molecule has 158 valence electrons. The van der Waals surface area contributed by atoms with Crippen molar-refractivity contribution in [2.75, 3.05) is 32.8 Å². The van der Waals surface area contributed by atoms with Crippen LogP contribution in [0.4, 0.5) is 0 Å². The molecule has 2 heterocycles. The largest absolute Gasteiger partial charge is 0.477 e. The molecule has 1 saturated heterocycles. The minimum atomic E-state index is 0. The molecule has 0 aromatic carbocycles. The number of hydrogen-bond donors (Lipinski definition) is 2. The van der Waals surface area contributed by atoms with Crippen molar-refractivity contribution < 1.29 is 4.74 Å². The van der Waals surface area contributed by atoms with Crippen LogP contribution in [-0.4, -0.2) is 54.7 Å². The third-order valence-electron chi connectivity index (χ3n) is 5.19. The predicted molar refractivity (Wildman–Crippen MR) is 126 cm³/mol. The number of ether oxygens (including phenoxy) is 1. The third-order valence-corrected chi connectivity index (χ3v) is 5.19. The first-order valence-corrected chi connectivity index (χ1v) is 10.6. The van der Waals surface area contributed by atoms with Gasteiger partial charge in [0.2, 0.25) is 5.88 Å². The first kappa shape index (κ1) is 23.2. The van der Waals surface area contributed by atoms with E-state index in [-0.39, 0.29) is 24.0 Å². The molecule has 0 radical (unpaired) electrons. The predicted octanol–water partition coefficient (Wildman–Crippen LogP) is 3.42. The Balaban J connectivity index is 0.00000280. The van der Waals surface area contributed by atoms with Crippen molar-refractivity contribution in [2.45, 2.75) is 58.5 Å². The van der Waals surface area contributed by atoms with Gasteiger partial charge in [-0.2, -0.15) is 0 Å². The van der Waals surface area contributed by atoms with E-state index in [0.29, 0.717) is 12.6 Å². The Hall–Kier alpha value is -1.09. The van der Waals surface area contributed by atoms with Gasteiger partial charge in [-0.25, -0.2) is 9.98 Å². The van der Waals surface area contributed by atoms with Crippen LogP contribution in [0.2, 0.25) is 0 Å². The normalized spacial score (nSPS) is 18.4. The highest BCUT2D eigenvalue weighted by molar-refractivity contribution is 14.0. The first-order chi connectivity index (χ1) is 13.3. The van der Waals surface area contributed by atoms with Crippen molar-refractivity contribution in [1.82, 2.24) is 20.5 Å². The second-order valence-corrected chi connectivity index (χ2v) is 7.71. The van der Waals surface area contributed by atoms with Gasteiger partial charge in [0.15, 0.2) is 5.96 Å². The van der Waals surface area contributed by atoms with Crippen LogP contribution in [0.1, 0.15) is 51.5 Å². The highest BCUT2D eigenvalue weighted by atomic mass is 127. The third kappa shape index (κ3) is 8.11. The summed E-state index contributed by atoms with van der Waals surface area (Å²) in [7, 11) is 0. The number of nitrogens with zero attached hydrogens (tertiary/aromatic N) is 3. The topological polar surface area (TPSA) is 61.8 Å². The Morgan fingerprint density at radius 1 is 1.21 bits per heavy atom. The number of piperidine rings is 1. The van der Waals surface area contributed by atoms with E-state index in [2.05, 4.69) is 40.4 Å². The molecule has 28 heavy (non-hydrogen) atoms. The van der Waals surface area contributed by atoms with Crippen LogP contribution in [0.25, 0.3) is 0 Å². The van der Waals surface area contributed by atoms with Gasteiger partial charge < -0.3 is 20.3 Å². The van der Waals surface area contributed by atoms with Gasteiger partial charge in [0, 0.05) is 37.9 Å². The van der Waals surface area contributed by atoms with Gasteiger partial charge in [-0.15, -0.1) is 24.0 Å². The van der Waals surface area contributed by atoms with Crippen LogP contribution in [-0.2, 0) is 6.54 Å². The Morgan fingerprint density at radius 3 is 2.61 bits per heavy atom. The Kier molecular flexibility index (Phi) is 10.3. The average molecular weight is 501 g/mol. The fourth-order valence-electron chi connectivity index (χ4n) is 3.38. The molecule has 0 spiro atoms. The smallest absolute Gasteiger partial charge is 0.213 e. The first-order valence-electron chi connectivity index (χ1n) is 10.6. The van der Waals surface area contributed by atoms with E-state index in [9.17, 15) is 0 Å². The van der Waals surface area contributed by atoms with Crippen LogP contribution < -0.4 is 15.4 Å². The van der Waals surface area contributed by atoms with Gasteiger partial charge in [-0.3, -0.25) is 0 Å². The number of halogens is 1. The maximum atomic E-state index is 5.70. The number of pyridine rings is 1. The van der Waals surface area contributed by atoms with E-state index in [1.807, 2.05) is 12.3 Å². The summed E-state index contributed by atoms with van der Waals surface area (Å²) < 4.78 is 5.70. The molecule has 2 N–H and O–H groups in total. The van der Waals surface area contributed by atoms with Crippen LogP contribution in [0, 0.1) is 5.92 Å². The van der Waals surface area contributed by atoms with Crippen molar-refractivity contribution in [3.8, 4) is 5.88 Å². The van der Waals surface area contributed by atoms with E-state index in [4.69, 9.17) is 9.73 Å². The van der Waals surface area contributed by atoms with Crippen molar-refractivity contribution in [2.24, 2.45) is 10.9 Å². The van der Waals surface area contributed by atoms with Gasteiger partial charge in [0.1, 0.15) is 0 Å². The molecule has 1 aromatic rings. The molecule has 0 unspecified atom stereocenters. The minimum Gasteiger partial charge on any atom is -0.477 e. The van der Waals surface area contributed by atoms with Gasteiger partial charge in [0.25, 0.3) is 0 Å². The molecule has 1 saturated carbocycles. The van der Waals surface area contributed by atoms with Gasteiger partial charge >= 0.3 is 0 Å². The van der Waals surface area contributed by atoms with Crippen molar-refractivity contribution in [1.29, 1.82) is 0 Å². The second-order valence-electron chi connectivity index (χ2n) is 7.71. The number of aromatic nitrogens is 1. The molecule has 1 aliphatic carbocycles. The number of hydrogen-bond acceptors (Lipinski definition) is 4. The summed E-state index contributed by atoms with van der Waals surface area (Å²) in [5, 5.41) is 6.98. The van der Waals surface area contributed by atoms with Crippen molar-refractivity contribution in [3.05, 3.63) is 23.9 Å². The van der Waals surface area contributed by atoms with E-state index < -0.39 is 0 Å². The Labute approximate surface area is 186 Å². The van der Waals surface area contributed by atoms with Crippen LogP contribution in [0.3, 0.4) is 0 Å². The highest BCUT2D eigenvalue weighted by Gasteiger charge is 2.22. The van der Waals surface area contributed by atoms with Gasteiger partial charge in [-0.05, 0) is 57.1 Å². The van der Waals surface area contributed by atoms with Crippen LogP contribution in [0.5, 0.6) is 5.88 Å². The van der Waals surface area contributed by atoms with E-state index in [1.54, 1.807) is 0 Å². The van der Waals surface area contributed by atoms with Crippen molar-refractivity contribution in [3.63, 3.8) is 0 Å². The molecule has 0 amide bonds. The van der Waals surface area contributed by atoms with Gasteiger partial charge in [0.05, 0.1) is 13.2 Å². The molecular formula is C21H36IN5O. The average Bonchev–Trinajstić information content (AvgIpc) is 3.52. The molecule has 0 bridgehead atoms. The maximum absolute atomic E-state index is 5.70. The number of likely N-dealkylation sites (tertiary alicyclic amines) is 1. The number of guanidine groups is 1. The monoisotopic (exact) mass is 501 g/mol. The minimum absolute atomic E-state index is 0. The van der Waals surface area contributed by atoms with E-state index in [1.165, 1.54) is 51.7 Å². The van der Waals surface area contributed by atoms with Gasteiger partial charge in [-0.1, -0.05) is 13.0 Å². The fourth-order valence-corrected chi connectivity index (χ4v) is 3.38. The Morgan fingerprint density at radius 2 is 2.00 bits per heavy atom. The zero-order chi connectivity index (χ0) is 18.9. The van der Waals surface area contributed by atoms with Crippen molar-refractivity contribution >= 4 is 29.9 Å². The zero-order valence-corrected chi connectivity index (χ0v) is 19.7. The molecule has 1 aromatic heterocycles. The lowest BCUT2D eigenvalue weighted by Gasteiger charge is -2.32. The SMILES string of the molecule is CCCN1CCC(NC(=NCc2ccc(OCC3CC3)nc2)NCC)CC1.I. The summed E-state index contributed by atoms with van der Waals surface area (Å²) in [5.41, 5.74) is 1.10. The molecule has 3 rings (SSSR count). The van der Waals surface area contributed by atoms with Crippen LogP contribution >= 0.6 is 24.0 Å². The highest BCUT2D eigenvalue weighted by Crippen LogP contribution is 2.29. The summed E-state index contributed by atoms with van der Waals surface area (Å²) >= 11 is 0. The number of rotatable bonds is 9. The quantitative estimate of drug-likeness (QED) is 0.309. The molecule has 2 aliphatic rings. The number of nitrogens with one attached hydrogen (secondary N) is 2. The lowest BCUT2D eigenvalue weighted by molar-refractivity contribution is 0.206. The fraction of sp³-hybridized carbons (Fsp3) is 0.714. The van der Waals surface area contributed by atoms with E-state index in [0.717, 1.165) is 36.5 Å². The maximum Gasteiger partial charge on any atom is 0.213 e. The second kappa shape index (κ2) is 12.5. The molecule has 1 aliphatic heterocycles. The number of aliphatic imine (C=N–C) groups is 1. The molecule has 6 nitrogen and oxygen atoms in total. The summed E-state index contributed by atoms with van der Waals surface area (Å²) in [4.78, 5) is 11.7. The van der Waals surface area contributed by atoms with Crippen LogP contribution in [0.15, 0.2) is 23.3 Å². The summed E-state index contributed by atoms with van der Waals surface area (Å²) in [6, 6.07) is 4.52.